The molecule has 94 valence electrons. The van der Waals surface area contributed by atoms with E-state index in [0.29, 0.717) is 5.75 Å². The summed E-state index contributed by atoms with van der Waals surface area (Å²) in [6.07, 6.45) is 5.36. The van der Waals surface area contributed by atoms with E-state index in [-0.39, 0.29) is 0 Å². The fraction of sp³-hybridized carbons (Fsp3) is 0.467. The lowest BCUT2D eigenvalue weighted by molar-refractivity contribution is 0.682. The van der Waals surface area contributed by atoms with Crippen LogP contribution < -0.4 is 0 Å². The van der Waals surface area contributed by atoms with Gasteiger partial charge in [-0.3, -0.25) is 4.21 Å². The van der Waals surface area contributed by atoms with Crippen molar-refractivity contribution in [3.8, 4) is 0 Å². The molecule has 1 atom stereocenters. The predicted molar refractivity (Wildman–Crippen MR) is 77.5 cm³/mol. The van der Waals surface area contributed by atoms with Gasteiger partial charge in [0.1, 0.15) is 0 Å². The summed E-state index contributed by atoms with van der Waals surface area (Å²) in [4.78, 5) is 0. The molecular formula is C15H22OS. The van der Waals surface area contributed by atoms with Crippen molar-refractivity contribution in [3.05, 3.63) is 42.0 Å². The Balaban J connectivity index is 2.68. The largest absolute Gasteiger partial charge is 0.259 e. The molecule has 1 nitrogen and oxygen atoms in total. The van der Waals surface area contributed by atoms with Crippen molar-refractivity contribution >= 4 is 16.4 Å². The maximum Gasteiger partial charge on any atom is 0.0488 e. The summed E-state index contributed by atoms with van der Waals surface area (Å²) in [5.74, 6) is 1.52. The van der Waals surface area contributed by atoms with Crippen LogP contribution in [0.5, 0.6) is 0 Å². The Labute approximate surface area is 107 Å². The van der Waals surface area contributed by atoms with Gasteiger partial charge < -0.3 is 0 Å². The van der Waals surface area contributed by atoms with Gasteiger partial charge in [0.15, 0.2) is 0 Å². The molecule has 0 aromatic heterocycles. The normalized spacial score (nSPS) is 13.6. The zero-order valence-corrected chi connectivity index (χ0v) is 11.6. The topological polar surface area (TPSA) is 17.1 Å². The third-order valence-corrected chi connectivity index (χ3v) is 4.01. The number of benzene rings is 1. The van der Waals surface area contributed by atoms with Gasteiger partial charge in [0.2, 0.25) is 0 Å². The maximum atomic E-state index is 11.9. The van der Waals surface area contributed by atoms with Crippen LogP contribution >= 0.6 is 0 Å². The first kappa shape index (κ1) is 14.2. The zero-order chi connectivity index (χ0) is 12.5. The zero-order valence-electron chi connectivity index (χ0n) is 10.8. The number of rotatable bonds is 7. The molecule has 0 radical (unpaired) electrons. The molecule has 0 amide bonds. The van der Waals surface area contributed by atoms with Crippen LogP contribution in [0, 0.1) is 0 Å². The minimum Gasteiger partial charge on any atom is -0.259 e. The number of hydrogen-bond acceptors (Lipinski definition) is 1. The van der Waals surface area contributed by atoms with E-state index >= 15 is 0 Å². The van der Waals surface area contributed by atoms with Crippen molar-refractivity contribution in [1.29, 1.82) is 0 Å². The van der Waals surface area contributed by atoms with Crippen LogP contribution in [0.3, 0.4) is 0 Å². The first-order chi connectivity index (χ1) is 8.27. The first-order valence-electron chi connectivity index (χ1n) is 6.37. The van der Waals surface area contributed by atoms with Crippen LogP contribution in [0.2, 0.25) is 0 Å². The Bertz CT molecular complexity index is 368. The highest BCUT2D eigenvalue weighted by Gasteiger charge is 2.05. The second-order valence-electron chi connectivity index (χ2n) is 4.15. The minimum absolute atomic E-state index is 0.692. The molecular weight excluding hydrogens is 228 g/mol. The molecule has 0 heterocycles. The summed E-state index contributed by atoms with van der Waals surface area (Å²) in [5.41, 5.74) is 2.43. The van der Waals surface area contributed by atoms with Gasteiger partial charge in [0.25, 0.3) is 0 Å². The molecule has 0 bridgehead atoms. The molecule has 0 saturated carbocycles. The third kappa shape index (κ3) is 5.31. The van der Waals surface area contributed by atoms with Crippen molar-refractivity contribution in [2.45, 2.75) is 33.1 Å². The van der Waals surface area contributed by atoms with Gasteiger partial charge in [-0.25, -0.2) is 0 Å². The molecule has 2 heteroatoms. The minimum atomic E-state index is -0.720. The van der Waals surface area contributed by atoms with Gasteiger partial charge in [0, 0.05) is 22.3 Å². The number of unbranched alkanes of at least 4 members (excludes halogenated alkanes) is 1. The number of hydrogen-bond donors (Lipinski definition) is 0. The summed E-state index contributed by atoms with van der Waals surface area (Å²) in [7, 11) is -0.720. The highest BCUT2D eigenvalue weighted by atomic mass is 32.2. The fourth-order valence-electron chi connectivity index (χ4n) is 1.71. The van der Waals surface area contributed by atoms with E-state index in [1.165, 1.54) is 11.1 Å². The quantitative estimate of drug-likeness (QED) is 0.714. The second-order valence-corrected chi connectivity index (χ2v) is 5.72. The van der Waals surface area contributed by atoms with E-state index in [9.17, 15) is 4.21 Å². The summed E-state index contributed by atoms with van der Waals surface area (Å²) in [6, 6.07) is 10.3. The Kier molecular flexibility index (Phi) is 6.87. The summed E-state index contributed by atoms with van der Waals surface area (Å²) < 4.78 is 11.9. The van der Waals surface area contributed by atoms with Gasteiger partial charge in [-0.1, -0.05) is 56.7 Å². The first-order valence-corrected chi connectivity index (χ1v) is 7.86. The van der Waals surface area contributed by atoms with E-state index < -0.39 is 10.8 Å². The number of allylic oxidation sites excluding steroid dienone is 1. The molecule has 0 spiro atoms. The van der Waals surface area contributed by atoms with Crippen molar-refractivity contribution < 1.29 is 4.21 Å². The molecule has 1 unspecified atom stereocenters. The predicted octanol–water partition coefficient (Wildman–Crippen LogP) is 4.03. The lowest BCUT2D eigenvalue weighted by atomic mass is 10.1. The molecule has 0 N–H and O–H groups in total. The van der Waals surface area contributed by atoms with E-state index in [1.54, 1.807) is 0 Å². The average Bonchev–Trinajstić information content (AvgIpc) is 2.37. The highest BCUT2D eigenvalue weighted by Crippen LogP contribution is 2.16. The smallest absolute Gasteiger partial charge is 0.0488 e. The van der Waals surface area contributed by atoms with Gasteiger partial charge in [0.05, 0.1) is 0 Å². The highest BCUT2D eigenvalue weighted by molar-refractivity contribution is 7.85. The Hall–Kier alpha value is -0.890. The lowest BCUT2D eigenvalue weighted by Gasteiger charge is -2.07. The summed E-state index contributed by atoms with van der Waals surface area (Å²) >= 11 is 0. The van der Waals surface area contributed by atoms with Crippen molar-refractivity contribution in [1.82, 2.24) is 0 Å². The molecule has 0 fully saturated rings. The molecule has 0 aliphatic heterocycles. The van der Waals surface area contributed by atoms with Crippen molar-refractivity contribution in [3.63, 3.8) is 0 Å². The van der Waals surface area contributed by atoms with Crippen LogP contribution in [-0.4, -0.2) is 15.7 Å². The Morgan fingerprint density at radius 3 is 2.53 bits per heavy atom. The molecule has 17 heavy (non-hydrogen) atoms. The SMILES string of the molecule is CCC=C(CS(=O)CCCC)c1ccccc1. The molecule has 1 aromatic rings. The molecule has 0 aliphatic rings. The average molecular weight is 250 g/mol. The third-order valence-electron chi connectivity index (χ3n) is 2.64. The molecule has 1 rings (SSSR count). The van der Waals surface area contributed by atoms with Gasteiger partial charge in [-0.2, -0.15) is 0 Å². The maximum absolute atomic E-state index is 11.9. The van der Waals surface area contributed by atoms with E-state index in [4.69, 9.17) is 0 Å². The van der Waals surface area contributed by atoms with Crippen LogP contribution in [0.15, 0.2) is 36.4 Å². The van der Waals surface area contributed by atoms with Crippen LogP contribution in [0.1, 0.15) is 38.7 Å². The van der Waals surface area contributed by atoms with Crippen LogP contribution in [0.25, 0.3) is 5.57 Å². The molecule has 1 aromatic carbocycles. The summed E-state index contributed by atoms with van der Waals surface area (Å²) in [5, 5.41) is 0. The van der Waals surface area contributed by atoms with Crippen molar-refractivity contribution in [2.24, 2.45) is 0 Å². The standard InChI is InChI=1S/C15H22OS/c1-3-5-12-17(16)13-15(9-4-2)14-10-7-6-8-11-14/h6-11H,3-5,12-13H2,1-2H3. The monoisotopic (exact) mass is 250 g/mol. The van der Waals surface area contributed by atoms with Crippen LogP contribution in [-0.2, 0) is 10.8 Å². The van der Waals surface area contributed by atoms with E-state index in [0.717, 1.165) is 25.0 Å². The van der Waals surface area contributed by atoms with E-state index in [1.807, 2.05) is 18.2 Å². The van der Waals surface area contributed by atoms with E-state index in [2.05, 4.69) is 32.1 Å². The Morgan fingerprint density at radius 2 is 1.94 bits per heavy atom. The van der Waals surface area contributed by atoms with Crippen LogP contribution in [0.4, 0.5) is 0 Å². The summed E-state index contributed by atoms with van der Waals surface area (Å²) in [6.45, 7) is 4.26. The van der Waals surface area contributed by atoms with Gasteiger partial charge in [-0.05, 0) is 24.0 Å². The van der Waals surface area contributed by atoms with Gasteiger partial charge >= 0.3 is 0 Å². The Morgan fingerprint density at radius 1 is 1.24 bits per heavy atom. The lowest BCUT2D eigenvalue weighted by Crippen LogP contribution is -2.04. The molecule has 0 aliphatic carbocycles. The second kappa shape index (κ2) is 8.24. The van der Waals surface area contributed by atoms with Gasteiger partial charge in [-0.15, -0.1) is 0 Å². The van der Waals surface area contributed by atoms with Crippen molar-refractivity contribution in [2.75, 3.05) is 11.5 Å². The molecule has 0 saturated heterocycles. The fourth-order valence-corrected chi connectivity index (χ4v) is 3.10.